The van der Waals surface area contributed by atoms with Crippen molar-refractivity contribution in [1.29, 1.82) is 0 Å². The second-order valence-electron chi connectivity index (χ2n) is 5.69. The van der Waals surface area contributed by atoms with Crippen molar-refractivity contribution >= 4 is 28.3 Å². The van der Waals surface area contributed by atoms with Crippen LogP contribution in [0.4, 0.5) is 5.13 Å². The van der Waals surface area contributed by atoms with Crippen molar-refractivity contribution in [3.8, 4) is 11.5 Å². The first-order valence-electron chi connectivity index (χ1n) is 7.86. The van der Waals surface area contributed by atoms with Crippen molar-refractivity contribution in [3.63, 3.8) is 0 Å². The van der Waals surface area contributed by atoms with Crippen molar-refractivity contribution in [2.75, 3.05) is 19.5 Å². The molecule has 3 rings (SSSR count). The van der Waals surface area contributed by atoms with Gasteiger partial charge in [0.15, 0.2) is 16.6 Å². The number of methoxy groups -OCH3 is 2. The number of amides is 2. The smallest absolute Gasteiger partial charge is 0.257 e. The number of ether oxygens (including phenoxy) is 2. The number of carbonyl (C=O) groups excluding carboxylic acids is 2. The minimum Gasteiger partial charge on any atom is -0.493 e. The molecule has 25 heavy (non-hydrogen) atoms. The van der Waals surface area contributed by atoms with Crippen LogP contribution in [0.15, 0.2) is 23.6 Å². The fraction of sp³-hybridized carbons (Fsp3) is 0.353. The number of nitrogens with one attached hydrogen (secondary N) is 2. The average Bonchev–Trinajstić information content (AvgIpc) is 3.32. The molecule has 1 aromatic heterocycles. The van der Waals surface area contributed by atoms with Gasteiger partial charge in [0.05, 0.1) is 26.3 Å². The van der Waals surface area contributed by atoms with Crippen LogP contribution in [0.2, 0.25) is 0 Å². The molecule has 1 saturated carbocycles. The molecule has 0 aliphatic heterocycles. The summed E-state index contributed by atoms with van der Waals surface area (Å²) >= 11 is 1.29. The average molecular weight is 361 g/mol. The first kappa shape index (κ1) is 17.2. The van der Waals surface area contributed by atoms with E-state index in [2.05, 4.69) is 15.6 Å². The number of aromatic nitrogens is 1. The fourth-order valence-electron chi connectivity index (χ4n) is 2.26. The Balaban J connectivity index is 1.62. The van der Waals surface area contributed by atoms with Crippen LogP contribution in [0.3, 0.4) is 0 Å². The third-order valence-electron chi connectivity index (χ3n) is 3.70. The van der Waals surface area contributed by atoms with Gasteiger partial charge >= 0.3 is 0 Å². The summed E-state index contributed by atoms with van der Waals surface area (Å²) in [5, 5.41) is 7.88. The number of nitrogens with zero attached hydrogens (tertiary/aromatic N) is 1. The molecule has 1 aromatic carbocycles. The molecule has 1 fully saturated rings. The minimum atomic E-state index is -0.302. The highest BCUT2D eigenvalue weighted by molar-refractivity contribution is 7.14. The summed E-state index contributed by atoms with van der Waals surface area (Å²) in [5.74, 6) is 0.693. The number of benzene rings is 1. The summed E-state index contributed by atoms with van der Waals surface area (Å²) in [7, 11) is 3.05. The van der Waals surface area contributed by atoms with Crippen LogP contribution < -0.4 is 20.1 Å². The zero-order chi connectivity index (χ0) is 17.8. The van der Waals surface area contributed by atoms with Crippen molar-refractivity contribution < 1.29 is 19.1 Å². The van der Waals surface area contributed by atoms with Crippen LogP contribution in [0.1, 0.15) is 28.9 Å². The number of anilines is 1. The zero-order valence-corrected chi connectivity index (χ0v) is 14.8. The van der Waals surface area contributed by atoms with Crippen LogP contribution in [0.25, 0.3) is 0 Å². The topological polar surface area (TPSA) is 89.5 Å². The van der Waals surface area contributed by atoms with Gasteiger partial charge < -0.3 is 14.8 Å². The third-order valence-corrected chi connectivity index (χ3v) is 4.51. The Kier molecular flexibility index (Phi) is 5.18. The zero-order valence-electron chi connectivity index (χ0n) is 14.0. The molecule has 1 aliphatic carbocycles. The summed E-state index contributed by atoms with van der Waals surface area (Å²) in [6.07, 6.45) is 2.32. The van der Waals surface area contributed by atoms with Crippen LogP contribution in [-0.2, 0) is 11.2 Å². The van der Waals surface area contributed by atoms with E-state index in [0.717, 1.165) is 12.8 Å². The van der Waals surface area contributed by atoms with Gasteiger partial charge in [-0.3, -0.25) is 14.9 Å². The summed E-state index contributed by atoms with van der Waals surface area (Å²) in [4.78, 5) is 28.4. The summed E-state index contributed by atoms with van der Waals surface area (Å²) < 4.78 is 10.4. The lowest BCUT2D eigenvalue weighted by Gasteiger charge is -2.09. The van der Waals surface area contributed by atoms with Gasteiger partial charge in [-0.1, -0.05) is 0 Å². The van der Waals surface area contributed by atoms with Crippen LogP contribution in [0.5, 0.6) is 11.5 Å². The molecule has 0 unspecified atom stereocenters. The number of hydrogen-bond donors (Lipinski definition) is 2. The highest BCUT2D eigenvalue weighted by atomic mass is 32.1. The number of carbonyl (C=O) groups is 2. The second kappa shape index (κ2) is 7.52. The van der Waals surface area contributed by atoms with Gasteiger partial charge in [0.1, 0.15) is 0 Å². The summed E-state index contributed by atoms with van der Waals surface area (Å²) in [5.41, 5.74) is 1.08. The molecule has 8 heteroatoms. The van der Waals surface area contributed by atoms with Gasteiger partial charge in [0.25, 0.3) is 5.91 Å². The standard InChI is InChI=1S/C17H19N3O4S/c1-23-13-6-3-10(7-14(13)24-2)16(22)20-17-19-12(9-25-17)8-15(21)18-11-4-5-11/h3,6-7,9,11H,4-5,8H2,1-2H3,(H,18,21)(H,19,20,22). The van der Waals surface area contributed by atoms with E-state index >= 15 is 0 Å². The Morgan fingerprint density at radius 3 is 2.68 bits per heavy atom. The molecule has 0 saturated heterocycles. The lowest BCUT2D eigenvalue weighted by Crippen LogP contribution is -2.27. The van der Waals surface area contributed by atoms with Gasteiger partial charge in [-0.25, -0.2) is 4.98 Å². The highest BCUT2D eigenvalue weighted by Gasteiger charge is 2.23. The Morgan fingerprint density at radius 1 is 1.24 bits per heavy atom. The van der Waals surface area contributed by atoms with Gasteiger partial charge in [0.2, 0.25) is 5.91 Å². The molecule has 1 heterocycles. The predicted molar refractivity (Wildman–Crippen MR) is 94.5 cm³/mol. The first-order valence-corrected chi connectivity index (χ1v) is 8.74. The second-order valence-corrected chi connectivity index (χ2v) is 6.54. The van der Waals surface area contributed by atoms with Gasteiger partial charge in [-0.15, -0.1) is 11.3 Å². The molecule has 0 atom stereocenters. The molecular formula is C17H19N3O4S. The SMILES string of the molecule is COc1ccc(C(=O)Nc2nc(CC(=O)NC3CC3)cs2)cc1OC. The third kappa shape index (κ3) is 4.48. The van der Waals surface area contributed by atoms with Gasteiger partial charge in [-0.05, 0) is 31.0 Å². The van der Waals surface area contributed by atoms with E-state index in [1.54, 1.807) is 23.6 Å². The van der Waals surface area contributed by atoms with E-state index in [0.29, 0.717) is 33.9 Å². The Morgan fingerprint density at radius 2 is 2.00 bits per heavy atom. The van der Waals surface area contributed by atoms with E-state index in [1.807, 2.05) is 0 Å². The van der Waals surface area contributed by atoms with E-state index in [1.165, 1.54) is 25.6 Å². The summed E-state index contributed by atoms with van der Waals surface area (Å²) in [6.45, 7) is 0. The number of rotatable bonds is 7. The molecule has 2 amide bonds. The van der Waals surface area contributed by atoms with E-state index in [-0.39, 0.29) is 18.2 Å². The lowest BCUT2D eigenvalue weighted by atomic mass is 10.2. The largest absolute Gasteiger partial charge is 0.493 e. The van der Waals surface area contributed by atoms with Crippen LogP contribution in [0, 0.1) is 0 Å². The molecule has 1 aliphatic rings. The van der Waals surface area contributed by atoms with Crippen molar-refractivity contribution in [2.45, 2.75) is 25.3 Å². The quantitative estimate of drug-likeness (QED) is 0.789. The van der Waals surface area contributed by atoms with Crippen molar-refractivity contribution in [2.24, 2.45) is 0 Å². The fourth-order valence-corrected chi connectivity index (χ4v) is 2.97. The minimum absolute atomic E-state index is 0.0365. The number of hydrogen-bond acceptors (Lipinski definition) is 6. The molecule has 2 N–H and O–H groups in total. The number of thiazole rings is 1. The molecule has 0 spiro atoms. The maximum Gasteiger partial charge on any atom is 0.257 e. The molecule has 2 aromatic rings. The predicted octanol–water partition coefficient (Wildman–Crippen LogP) is 2.23. The van der Waals surface area contributed by atoms with Crippen LogP contribution >= 0.6 is 11.3 Å². The normalized spacial score (nSPS) is 13.2. The Hall–Kier alpha value is -2.61. The van der Waals surface area contributed by atoms with E-state index in [4.69, 9.17) is 9.47 Å². The monoisotopic (exact) mass is 361 g/mol. The molecule has 0 radical (unpaired) electrons. The maximum atomic E-state index is 12.3. The molecule has 7 nitrogen and oxygen atoms in total. The Bertz CT molecular complexity index is 786. The molecule has 132 valence electrons. The molecular weight excluding hydrogens is 342 g/mol. The van der Waals surface area contributed by atoms with E-state index in [9.17, 15) is 9.59 Å². The maximum absolute atomic E-state index is 12.3. The van der Waals surface area contributed by atoms with Crippen LogP contribution in [-0.4, -0.2) is 37.1 Å². The van der Waals surface area contributed by atoms with Crippen molar-refractivity contribution in [1.82, 2.24) is 10.3 Å². The van der Waals surface area contributed by atoms with Gasteiger partial charge in [0, 0.05) is 17.0 Å². The van der Waals surface area contributed by atoms with E-state index < -0.39 is 0 Å². The van der Waals surface area contributed by atoms with Gasteiger partial charge in [-0.2, -0.15) is 0 Å². The lowest BCUT2D eigenvalue weighted by molar-refractivity contribution is -0.120. The highest BCUT2D eigenvalue weighted by Crippen LogP contribution is 2.28. The van der Waals surface area contributed by atoms with Crippen molar-refractivity contribution in [3.05, 3.63) is 34.8 Å². The molecule has 0 bridgehead atoms. The Labute approximate surface area is 149 Å². The summed E-state index contributed by atoms with van der Waals surface area (Å²) in [6, 6.07) is 5.25. The first-order chi connectivity index (χ1) is 12.1.